The van der Waals surface area contributed by atoms with Gasteiger partial charge in [0.1, 0.15) is 0 Å². The second kappa shape index (κ2) is 6.18. The second-order valence-electron chi connectivity index (χ2n) is 4.78. The van der Waals surface area contributed by atoms with Gasteiger partial charge in [0.2, 0.25) is 0 Å². The molecule has 0 spiro atoms. The average Bonchev–Trinajstić information content (AvgIpc) is 3.07. The van der Waals surface area contributed by atoms with E-state index in [0.717, 1.165) is 15.6 Å². The third kappa shape index (κ3) is 2.80. The molecule has 3 rings (SSSR count). The molecular formula is C17H13NO4S. The number of thiophene rings is 1. The number of nitrogens with zero attached hydrogens (tertiary/aromatic N) is 1. The minimum Gasteiger partial charge on any atom is -0.465 e. The molecule has 0 aliphatic carbocycles. The number of ether oxygens (including phenoxy) is 2. The Morgan fingerprint density at radius 3 is 2.57 bits per heavy atom. The quantitative estimate of drug-likeness (QED) is 0.688. The SMILES string of the molecule is COC(=O)c1cnc(C(=O)OC)c(-c2ccc3sccc3c2)c1. The lowest BCUT2D eigenvalue weighted by Crippen LogP contribution is -2.10. The van der Waals surface area contributed by atoms with E-state index in [-0.39, 0.29) is 11.3 Å². The molecule has 0 amide bonds. The number of carbonyl (C=O) groups is 2. The first-order chi connectivity index (χ1) is 11.1. The Morgan fingerprint density at radius 2 is 1.83 bits per heavy atom. The standard InChI is InChI=1S/C17H13NO4S/c1-21-16(19)12-8-13(15(18-9-12)17(20)22-2)10-3-4-14-11(7-10)5-6-23-14/h3-9H,1-2H3. The molecule has 0 saturated carbocycles. The number of esters is 2. The Labute approximate surface area is 136 Å². The molecule has 116 valence electrons. The van der Waals surface area contributed by atoms with Crippen molar-refractivity contribution in [1.29, 1.82) is 0 Å². The van der Waals surface area contributed by atoms with Gasteiger partial charge in [-0.25, -0.2) is 14.6 Å². The van der Waals surface area contributed by atoms with Gasteiger partial charge in [0, 0.05) is 16.5 Å². The van der Waals surface area contributed by atoms with Crippen molar-refractivity contribution in [3.8, 4) is 11.1 Å². The Morgan fingerprint density at radius 1 is 1.04 bits per heavy atom. The van der Waals surface area contributed by atoms with Gasteiger partial charge in [0.15, 0.2) is 5.69 Å². The molecule has 23 heavy (non-hydrogen) atoms. The van der Waals surface area contributed by atoms with Gasteiger partial charge in [-0.15, -0.1) is 11.3 Å². The summed E-state index contributed by atoms with van der Waals surface area (Å²) in [6.45, 7) is 0. The van der Waals surface area contributed by atoms with Crippen LogP contribution in [0.25, 0.3) is 21.2 Å². The van der Waals surface area contributed by atoms with Crippen molar-refractivity contribution in [1.82, 2.24) is 4.98 Å². The smallest absolute Gasteiger partial charge is 0.357 e. The third-order valence-corrected chi connectivity index (χ3v) is 4.35. The molecule has 0 unspecified atom stereocenters. The minimum atomic E-state index is -0.554. The molecule has 5 nitrogen and oxygen atoms in total. The van der Waals surface area contributed by atoms with Crippen LogP contribution in [0.2, 0.25) is 0 Å². The first-order valence-electron chi connectivity index (χ1n) is 6.78. The van der Waals surface area contributed by atoms with Crippen molar-refractivity contribution < 1.29 is 19.1 Å². The molecule has 0 saturated heterocycles. The highest BCUT2D eigenvalue weighted by atomic mass is 32.1. The van der Waals surface area contributed by atoms with Crippen LogP contribution < -0.4 is 0 Å². The summed E-state index contributed by atoms with van der Waals surface area (Å²) in [7, 11) is 2.59. The minimum absolute atomic E-state index is 0.162. The maximum Gasteiger partial charge on any atom is 0.357 e. The Bertz CT molecular complexity index is 900. The van der Waals surface area contributed by atoms with Crippen LogP contribution in [0.1, 0.15) is 20.8 Å². The first-order valence-corrected chi connectivity index (χ1v) is 7.66. The van der Waals surface area contributed by atoms with Crippen LogP contribution in [0.4, 0.5) is 0 Å². The highest BCUT2D eigenvalue weighted by Crippen LogP contribution is 2.30. The fourth-order valence-corrected chi connectivity index (χ4v) is 3.08. The number of rotatable bonds is 3. The van der Waals surface area contributed by atoms with Crippen molar-refractivity contribution >= 4 is 33.4 Å². The van der Waals surface area contributed by atoms with Gasteiger partial charge in [-0.05, 0) is 40.6 Å². The van der Waals surface area contributed by atoms with Gasteiger partial charge in [0.25, 0.3) is 0 Å². The molecule has 6 heteroatoms. The predicted molar refractivity (Wildman–Crippen MR) is 87.7 cm³/mol. The molecule has 2 heterocycles. The molecule has 0 bridgehead atoms. The second-order valence-corrected chi connectivity index (χ2v) is 5.72. The van der Waals surface area contributed by atoms with Gasteiger partial charge >= 0.3 is 11.9 Å². The topological polar surface area (TPSA) is 65.5 Å². The van der Waals surface area contributed by atoms with E-state index in [2.05, 4.69) is 4.98 Å². The maximum absolute atomic E-state index is 12.0. The molecule has 0 aliphatic heterocycles. The number of benzene rings is 1. The van der Waals surface area contributed by atoms with Crippen LogP contribution in [0.3, 0.4) is 0 Å². The van der Waals surface area contributed by atoms with E-state index >= 15 is 0 Å². The lowest BCUT2D eigenvalue weighted by molar-refractivity contribution is 0.0582. The zero-order chi connectivity index (χ0) is 16.4. The van der Waals surface area contributed by atoms with Crippen molar-refractivity contribution in [2.75, 3.05) is 14.2 Å². The van der Waals surface area contributed by atoms with E-state index in [1.54, 1.807) is 17.4 Å². The van der Waals surface area contributed by atoms with Gasteiger partial charge in [-0.2, -0.15) is 0 Å². The maximum atomic E-state index is 12.0. The average molecular weight is 327 g/mol. The summed E-state index contributed by atoms with van der Waals surface area (Å²) < 4.78 is 10.6. The van der Waals surface area contributed by atoms with Crippen LogP contribution >= 0.6 is 11.3 Å². The fraction of sp³-hybridized carbons (Fsp3) is 0.118. The van der Waals surface area contributed by atoms with E-state index in [4.69, 9.17) is 9.47 Å². The van der Waals surface area contributed by atoms with E-state index in [0.29, 0.717) is 5.56 Å². The Hall–Kier alpha value is -2.73. The number of fused-ring (bicyclic) bond motifs is 1. The summed E-state index contributed by atoms with van der Waals surface area (Å²) in [4.78, 5) is 27.8. The third-order valence-electron chi connectivity index (χ3n) is 3.45. The normalized spacial score (nSPS) is 10.5. The lowest BCUT2D eigenvalue weighted by Gasteiger charge is -2.09. The molecule has 0 atom stereocenters. The van der Waals surface area contributed by atoms with Gasteiger partial charge < -0.3 is 9.47 Å². The number of aromatic nitrogens is 1. The summed E-state index contributed by atoms with van der Waals surface area (Å²) in [5.74, 6) is -1.06. The van der Waals surface area contributed by atoms with E-state index in [1.165, 1.54) is 20.4 Å². The summed E-state index contributed by atoms with van der Waals surface area (Å²) in [5, 5.41) is 3.06. The number of hydrogen-bond donors (Lipinski definition) is 0. The van der Waals surface area contributed by atoms with Crippen LogP contribution in [-0.2, 0) is 9.47 Å². The number of pyridine rings is 1. The van der Waals surface area contributed by atoms with Gasteiger partial charge in [0.05, 0.1) is 19.8 Å². The Balaban J connectivity index is 2.20. The highest BCUT2D eigenvalue weighted by molar-refractivity contribution is 7.17. The lowest BCUT2D eigenvalue weighted by atomic mass is 10.0. The van der Waals surface area contributed by atoms with Crippen molar-refractivity contribution in [3.05, 3.63) is 53.2 Å². The largest absolute Gasteiger partial charge is 0.465 e. The summed E-state index contributed by atoms with van der Waals surface area (Å²) in [6.07, 6.45) is 1.31. The summed E-state index contributed by atoms with van der Waals surface area (Å²) in [6, 6.07) is 9.42. The van der Waals surface area contributed by atoms with Crippen LogP contribution in [0.5, 0.6) is 0 Å². The first kappa shape index (κ1) is 15.2. The molecule has 2 aromatic heterocycles. The fourth-order valence-electron chi connectivity index (χ4n) is 2.31. The van der Waals surface area contributed by atoms with E-state index in [1.807, 2.05) is 29.6 Å². The van der Waals surface area contributed by atoms with Crippen LogP contribution in [0.15, 0.2) is 41.9 Å². The van der Waals surface area contributed by atoms with Crippen molar-refractivity contribution in [3.63, 3.8) is 0 Å². The van der Waals surface area contributed by atoms with Gasteiger partial charge in [-0.3, -0.25) is 0 Å². The molecule has 0 fully saturated rings. The summed E-state index contributed by atoms with van der Waals surface area (Å²) >= 11 is 1.64. The predicted octanol–water partition coefficient (Wildman–Crippen LogP) is 3.54. The van der Waals surface area contributed by atoms with Crippen molar-refractivity contribution in [2.45, 2.75) is 0 Å². The molecule has 3 aromatic rings. The number of hydrogen-bond acceptors (Lipinski definition) is 6. The molecule has 0 N–H and O–H groups in total. The monoisotopic (exact) mass is 327 g/mol. The molecule has 0 aliphatic rings. The molecule has 0 radical (unpaired) electrons. The number of carbonyl (C=O) groups excluding carboxylic acids is 2. The number of methoxy groups -OCH3 is 2. The van der Waals surface area contributed by atoms with E-state index < -0.39 is 11.9 Å². The molecular weight excluding hydrogens is 314 g/mol. The van der Waals surface area contributed by atoms with Crippen molar-refractivity contribution in [2.24, 2.45) is 0 Å². The summed E-state index contributed by atoms with van der Waals surface area (Å²) in [5.41, 5.74) is 1.76. The van der Waals surface area contributed by atoms with Crippen LogP contribution in [-0.4, -0.2) is 31.1 Å². The van der Waals surface area contributed by atoms with Crippen LogP contribution in [0, 0.1) is 0 Å². The highest BCUT2D eigenvalue weighted by Gasteiger charge is 2.18. The van der Waals surface area contributed by atoms with Gasteiger partial charge in [-0.1, -0.05) is 6.07 Å². The molecule has 1 aromatic carbocycles. The van der Waals surface area contributed by atoms with E-state index in [9.17, 15) is 9.59 Å². The Kier molecular flexibility index (Phi) is 4.08. The zero-order valence-corrected chi connectivity index (χ0v) is 13.3. The zero-order valence-electron chi connectivity index (χ0n) is 12.5.